The van der Waals surface area contributed by atoms with Crippen LogP contribution in [0.3, 0.4) is 0 Å². The highest BCUT2D eigenvalue weighted by molar-refractivity contribution is 5.42. The summed E-state index contributed by atoms with van der Waals surface area (Å²) >= 11 is 0. The van der Waals surface area contributed by atoms with Crippen LogP contribution in [0.15, 0.2) is 24.4 Å². The van der Waals surface area contributed by atoms with Gasteiger partial charge in [0.15, 0.2) is 0 Å². The summed E-state index contributed by atoms with van der Waals surface area (Å²) in [7, 11) is 0. The van der Waals surface area contributed by atoms with Crippen molar-refractivity contribution >= 4 is 5.82 Å². The average Bonchev–Trinajstić information content (AvgIpc) is 2.80. The summed E-state index contributed by atoms with van der Waals surface area (Å²) in [6, 6.07) is 7.50. The molecule has 2 aliphatic heterocycles. The Balaban J connectivity index is 1.87. The van der Waals surface area contributed by atoms with Crippen LogP contribution in [0.2, 0.25) is 0 Å². The third-order valence-electron chi connectivity index (χ3n) is 3.00. The van der Waals surface area contributed by atoms with Gasteiger partial charge in [-0.3, -0.25) is 0 Å². The molecule has 2 unspecified atom stereocenters. The Hall–Kier alpha value is -1.09. The molecule has 0 aliphatic carbocycles. The van der Waals surface area contributed by atoms with Crippen molar-refractivity contribution in [3.63, 3.8) is 0 Å². The second kappa shape index (κ2) is 2.70. The zero-order chi connectivity index (χ0) is 8.67. The van der Waals surface area contributed by atoms with Gasteiger partial charge in [0, 0.05) is 31.4 Å². The molecule has 0 aromatic carbocycles. The van der Waals surface area contributed by atoms with Crippen LogP contribution in [0.5, 0.6) is 0 Å². The maximum absolute atomic E-state index is 4.38. The molecule has 3 nitrogen and oxygen atoms in total. The Morgan fingerprint density at radius 1 is 1.46 bits per heavy atom. The van der Waals surface area contributed by atoms with Crippen LogP contribution in [0.4, 0.5) is 5.82 Å². The van der Waals surface area contributed by atoms with Crippen LogP contribution in [0.1, 0.15) is 6.42 Å². The third kappa shape index (κ3) is 1.11. The number of hydrogen-bond donors (Lipinski definition) is 1. The Morgan fingerprint density at radius 3 is 3.08 bits per heavy atom. The number of fused-ring (bicyclic) bond motifs is 2. The lowest BCUT2D eigenvalue weighted by molar-refractivity contribution is 0.576. The quantitative estimate of drug-likeness (QED) is 0.678. The molecule has 1 aromatic rings. The lowest BCUT2D eigenvalue weighted by Crippen LogP contribution is -2.43. The monoisotopic (exact) mass is 175 g/mol. The molecule has 0 spiro atoms. The Kier molecular flexibility index (Phi) is 1.52. The van der Waals surface area contributed by atoms with Crippen LogP contribution in [-0.2, 0) is 0 Å². The molecule has 0 saturated carbocycles. The lowest BCUT2D eigenvalue weighted by Gasteiger charge is -2.28. The van der Waals surface area contributed by atoms with E-state index >= 15 is 0 Å². The average molecular weight is 175 g/mol. The number of anilines is 1. The van der Waals surface area contributed by atoms with E-state index in [0.717, 1.165) is 18.9 Å². The van der Waals surface area contributed by atoms with Crippen molar-refractivity contribution in [3.8, 4) is 0 Å². The second-order valence-corrected chi connectivity index (χ2v) is 3.83. The zero-order valence-electron chi connectivity index (χ0n) is 7.48. The molecule has 1 N–H and O–H groups in total. The molecule has 68 valence electrons. The predicted octanol–water partition coefficient (Wildman–Crippen LogP) is 0.632. The molecule has 3 rings (SSSR count). The Morgan fingerprint density at radius 2 is 2.46 bits per heavy atom. The molecule has 0 radical (unpaired) electrons. The first-order valence-electron chi connectivity index (χ1n) is 4.84. The van der Waals surface area contributed by atoms with E-state index in [1.165, 1.54) is 6.42 Å². The highest BCUT2D eigenvalue weighted by Crippen LogP contribution is 2.27. The minimum Gasteiger partial charge on any atom is -0.351 e. The van der Waals surface area contributed by atoms with E-state index in [4.69, 9.17) is 0 Å². The molecule has 2 saturated heterocycles. The van der Waals surface area contributed by atoms with E-state index in [1.807, 2.05) is 12.3 Å². The second-order valence-electron chi connectivity index (χ2n) is 3.83. The minimum absolute atomic E-state index is 0.680. The molecular weight excluding hydrogens is 162 g/mol. The van der Waals surface area contributed by atoms with Crippen LogP contribution in [0, 0.1) is 0 Å². The van der Waals surface area contributed by atoms with Crippen LogP contribution < -0.4 is 10.2 Å². The Labute approximate surface area is 77.8 Å². The van der Waals surface area contributed by atoms with Gasteiger partial charge < -0.3 is 10.2 Å². The van der Waals surface area contributed by atoms with Crippen molar-refractivity contribution in [1.82, 2.24) is 10.3 Å². The van der Waals surface area contributed by atoms with Gasteiger partial charge in [0.25, 0.3) is 0 Å². The van der Waals surface area contributed by atoms with Gasteiger partial charge in [-0.15, -0.1) is 0 Å². The predicted molar refractivity (Wildman–Crippen MR) is 51.8 cm³/mol. The maximum Gasteiger partial charge on any atom is 0.128 e. The largest absolute Gasteiger partial charge is 0.351 e. The number of hydrogen-bond acceptors (Lipinski definition) is 3. The molecule has 1 aromatic heterocycles. The molecule has 2 atom stereocenters. The van der Waals surface area contributed by atoms with Gasteiger partial charge in [0.2, 0.25) is 0 Å². The van der Waals surface area contributed by atoms with E-state index in [9.17, 15) is 0 Å². The van der Waals surface area contributed by atoms with Gasteiger partial charge in [-0.05, 0) is 18.6 Å². The van der Waals surface area contributed by atoms with Crippen molar-refractivity contribution in [2.45, 2.75) is 18.5 Å². The summed E-state index contributed by atoms with van der Waals surface area (Å²) in [4.78, 5) is 6.80. The van der Waals surface area contributed by atoms with E-state index in [2.05, 4.69) is 27.3 Å². The Bertz CT molecular complexity index is 298. The first-order valence-corrected chi connectivity index (χ1v) is 4.84. The third-order valence-corrected chi connectivity index (χ3v) is 3.00. The van der Waals surface area contributed by atoms with Crippen LogP contribution >= 0.6 is 0 Å². The fourth-order valence-electron chi connectivity index (χ4n) is 2.37. The topological polar surface area (TPSA) is 28.2 Å². The fourth-order valence-corrected chi connectivity index (χ4v) is 2.37. The summed E-state index contributed by atoms with van der Waals surface area (Å²) in [6.45, 7) is 2.25. The number of rotatable bonds is 1. The van der Waals surface area contributed by atoms with Gasteiger partial charge in [0.05, 0.1) is 0 Å². The SMILES string of the molecule is c1ccc(N2CC3CC2CN3)nc1. The number of nitrogens with zero attached hydrogens (tertiary/aromatic N) is 2. The maximum atomic E-state index is 4.38. The van der Waals surface area contributed by atoms with Gasteiger partial charge in [-0.1, -0.05) is 6.07 Å². The van der Waals surface area contributed by atoms with Gasteiger partial charge in [-0.2, -0.15) is 0 Å². The van der Waals surface area contributed by atoms with Crippen molar-refractivity contribution in [2.75, 3.05) is 18.0 Å². The molecule has 13 heavy (non-hydrogen) atoms. The van der Waals surface area contributed by atoms with E-state index in [1.54, 1.807) is 0 Å². The zero-order valence-corrected chi connectivity index (χ0v) is 7.48. The first-order chi connectivity index (χ1) is 6.43. The standard InChI is InChI=1S/C10H13N3/c1-2-4-11-10(3-1)13-7-8-5-9(13)6-12-8/h1-4,8-9,12H,5-7H2. The summed E-state index contributed by atoms with van der Waals surface area (Å²) in [5.41, 5.74) is 0. The van der Waals surface area contributed by atoms with E-state index in [-0.39, 0.29) is 0 Å². The van der Waals surface area contributed by atoms with Crippen molar-refractivity contribution < 1.29 is 0 Å². The van der Waals surface area contributed by atoms with Gasteiger partial charge >= 0.3 is 0 Å². The van der Waals surface area contributed by atoms with Crippen LogP contribution in [-0.4, -0.2) is 30.2 Å². The summed E-state index contributed by atoms with van der Waals surface area (Å²) in [6.07, 6.45) is 3.16. The molecular formula is C10H13N3. The minimum atomic E-state index is 0.680. The molecule has 3 heterocycles. The van der Waals surface area contributed by atoms with Gasteiger partial charge in [0.1, 0.15) is 5.82 Å². The summed E-state index contributed by atoms with van der Waals surface area (Å²) < 4.78 is 0. The fraction of sp³-hybridized carbons (Fsp3) is 0.500. The molecule has 2 bridgehead atoms. The molecule has 3 heteroatoms. The van der Waals surface area contributed by atoms with Crippen molar-refractivity contribution in [3.05, 3.63) is 24.4 Å². The summed E-state index contributed by atoms with van der Waals surface area (Å²) in [5.74, 6) is 1.14. The number of piperazine rings is 1. The highest BCUT2D eigenvalue weighted by atomic mass is 15.3. The highest BCUT2D eigenvalue weighted by Gasteiger charge is 2.37. The lowest BCUT2D eigenvalue weighted by atomic mass is 10.2. The van der Waals surface area contributed by atoms with Crippen molar-refractivity contribution in [2.24, 2.45) is 0 Å². The normalized spacial score (nSPS) is 31.2. The number of aromatic nitrogens is 1. The van der Waals surface area contributed by atoms with E-state index < -0.39 is 0 Å². The molecule has 2 aliphatic rings. The molecule has 0 amide bonds. The first kappa shape index (κ1) is 7.33. The number of pyridine rings is 1. The molecule has 2 fully saturated rings. The van der Waals surface area contributed by atoms with E-state index in [0.29, 0.717) is 12.1 Å². The summed E-state index contributed by atoms with van der Waals surface area (Å²) in [5, 5.41) is 3.49. The van der Waals surface area contributed by atoms with Gasteiger partial charge in [-0.25, -0.2) is 4.98 Å². The van der Waals surface area contributed by atoms with Crippen LogP contribution in [0.25, 0.3) is 0 Å². The smallest absolute Gasteiger partial charge is 0.128 e. The van der Waals surface area contributed by atoms with Crippen molar-refractivity contribution in [1.29, 1.82) is 0 Å². The number of nitrogens with one attached hydrogen (secondary N) is 1.